The van der Waals surface area contributed by atoms with Crippen LogP contribution in [0.1, 0.15) is 42.3 Å². The van der Waals surface area contributed by atoms with Crippen LogP contribution in [0.2, 0.25) is 0 Å². The number of hydrogen-bond donors (Lipinski definition) is 0. The molecule has 0 N–H and O–H groups in total. The standard InChI is InChI=1S/C35H31N3O5S/c1-4-42-29(39)21-37-22(3)26(25-18-12-13-19-27(25)37)20-28-33(40)38-32(24-16-10-7-11-17-24)30(34(41)43-5-2)31(36-35(38)44-28)23-14-8-6-9-15-23/h6-20,32H,4-5,21H2,1-3H3/b28-20-/t32-/m1/s1. The van der Waals surface area contributed by atoms with Gasteiger partial charge in [-0.3, -0.25) is 14.2 Å². The van der Waals surface area contributed by atoms with E-state index >= 15 is 0 Å². The van der Waals surface area contributed by atoms with E-state index < -0.39 is 12.0 Å². The topological polar surface area (TPSA) is 91.9 Å². The van der Waals surface area contributed by atoms with E-state index in [-0.39, 0.29) is 24.7 Å². The minimum absolute atomic E-state index is 0.0621. The van der Waals surface area contributed by atoms with Crippen LogP contribution in [0.15, 0.2) is 100 Å². The van der Waals surface area contributed by atoms with Gasteiger partial charge in [0.15, 0.2) is 4.80 Å². The largest absolute Gasteiger partial charge is 0.465 e. The van der Waals surface area contributed by atoms with Crippen LogP contribution in [0.25, 0.3) is 22.7 Å². The molecule has 0 unspecified atom stereocenters. The summed E-state index contributed by atoms with van der Waals surface area (Å²) in [6.07, 6.45) is 1.86. The van der Waals surface area contributed by atoms with E-state index in [0.29, 0.717) is 27.2 Å². The van der Waals surface area contributed by atoms with E-state index in [2.05, 4.69) is 0 Å². The average molecular weight is 606 g/mol. The van der Waals surface area contributed by atoms with Crippen LogP contribution in [0, 0.1) is 6.92 Å². The highest BCUT2D eigenvalue weighted by molar-refractivity contribution is 7.07. The quantitative estimate of drug-likeness (QED) is 0.238. The summed E-state index contributed by atoms with van der Waals surface area (Å²) in [4.78, 5) is 45.8. The molecule has 2 aromatic heterocycles. The van der Waals surface area contributed by atoms with Crippen LogP contribution >= 0.6 is 11.3 Å². The molecule has 5 aromatic rings. The molecule has 1 atom stereocenters. The molecular formula is C35H31N3O5S. The first-order valence-corrected chi connectivity index (χ1v) is 15.3. The number of hydrogen-bond acceptors (Lipinski definition) is 7. The summed E-state index contributed by atoms with van der Waals surface area (Å²) in [6.45, 7) is 6.02. The van der Waals surface area contributed by atoms with Crippen LogP contribution in [0.5, 0.6) is 0 Å². The minimum atomic E-state index is -0.741. The molecule has 0 amide bonds. The Bertz CT molecular complexity index is 2090. The van der Waals surface area contributed by atoms with Gasteiger partial charge in [0.25, 0.3) is 5.56 Å². The fraction of sp³-hybridized carbons (Fsp3) is 0.200. The monoisotopic (exact) mass is 605 g/mol. The maximum absolute atomic E-state index is 14.3. The van der Waals surface area contributed by atoms with Crippen LogP contribution < -0.4 is 14.9 Å². The SMILES string of the molecule is CCOC(=O)Cn1c(C)c(/C=c2\sc3n(c2=O)[C@H](c2ccccc2)C(C(=O)OCC)=C(c2ccccc2)N=3)c2ccccc21. The van der Waals surface area contributed by atoms with Crippen molar-refractivity contribution >= 4 is 46.0 Å². The highest BCUT2D eigenvalue weighted by atomic mass is 32.1. The maximum atomic E-state index is 14.3. The van der Waals surface area contributed by atoms with Gasteiger partial charge in [-0.05, 0) is 38.5 Å². The summed E-state index contributed by atoms with van der Waals surface area (Å²) >= 11 is 1.27. The van der Waals surface area contributed by atoms with Crippen LogP contribution in [-0.2, 0) is 25.6 Å². The Morgan fingerprint density at radius 3 is 2.27 bits per heavy atom. The summed E-state index contributed by atoms with van der Waals surface area (Å²) in [7, 11) is 0. The number of carbonyl (C=O) groups is 2. The second kappa shape index (κ2) is 12.3. The number of aromatic nitrogens is 2. The molecule has 222 valence electrons. The number of para-hydroxylation sites is 1. The van der Waals surface area contributed by atoms with Crippen molar-refractivity contribution in [1.29, 1.82) is 0 Å². The lowest BCUT2D eigenvalue weighted by atomic mass is 9.93. The van der Waals surface area contributed by atoms with E-state index in [4.69, 9.17) is 14.5 Å². The number of carbonyl (C=O) groups excluding carboxylic acids is 2. The van der Waals surface area contributed by atoms with Gasteiger partial charge >= 0.3 is 11.9 Å². The molecule has 6 rings (SSSR count). The van der Waals surface area contributed by atoms with E-state index in [0.717, 1.165) is 33.3 Å². The molecule has 3 heterocycles. The Hall–Kier alpha value is -5.02. The van der Waals surface area contributed by atoms with Gasteiger partial charge in [-0.1, -0.05) is 90.2 Å². The fourth-order valence-electron chi connectivity index (χ4n) is 5.70. The molecule has 1 aliphatic heterocycles. The van der Waals surface area contributed by atoms with Crippen molar-refractivity contribution in [2.24, 2.45) is 4.99 Å². The molecule has 0 fully saturated rings. The van der Waals surface area contributed by atoms with Gasteiger partial charge < -0.3 is 14.0 Å². The molecule has 44 heavy (non-hydrogen) atoms. The van der Waals surface area contributed by atoms with Gasteiger partial charge in [-0.25, -0.2) is 9.79 Å². The first-order valence-electron chi connectivity index (χ1n) is 14.5. The van der Waals surface area contributed by atoms with Gasteiger partial charge in [0.1, 0.15) is 6.54 Å². The Labute approximate surface area is 257 Å². The van der Waals surface area contributed by atoms with Crippen molar-refractivity contribution in [3.63, 3.8) is 0 Å². The predicted octanol–water partition coefficient (Wildman–Crippen LogP) is 4.76. The van der Waals surface area contributed by atoms with E-state index in [9.17, 15) is 14.4 Å². The van der Waals surface area contributed by atoms with Crippen molar-refractivity contribution in [3.8, 4) is 0 Å². The summed E-state index contributed by atoms with van der Waals surface area (Å²) in [5, 5.41) is 0.914. The molecule has 0 spiro atoms. The van der Waals surface area contributed by atoms with Crippen LogP contribution in [0.3, 0.4) is 0 Å². The highest BCUT2D eigenvalue weighted by Crippen LogP contribution is 2.35. The van der Waals surface area contributed by atoms with Crippen LogP contribution in [0.4, 0.5) is 0 Å². The lowest BCUT2D eigenvalue weighted by Crippen LogP contribution is -2.40. The summed E-state index contributed by atoms with van der Waals surface area (Å²) in [5.41, 5.74) is 4.59. The maximum Gasteiger partial charge on any atom is 0.338 e. The number of nitrogens with zero attached hydrogens (tertiary/aromatic N) is 3. The zero-order chi connectivity index (χ0) is 30.8. The molecule has 1 aliphatic rings. The van der Waals surface area contributed by atoms with Gasteiger partial charge in [0, 0.05) is 27.7 Å². The Morgan fingerprint density at radius 1 is 0.909 bits per heavy atom. The second-order valence-electron chi connectivity index (χ2n) is 10.2. The van der Waals surface area contributed by atoms with Crippen molar-refractivity contribution < 1.29 is 19.1 Å². The van der Waals surface area contributed by atoms with E-state index in [1.54, 1.807) is 18.4 Å². The molecular weight excluding hydrogens is 574 g/mol. The molecule has 9 heteroatoms. The van der Waals surface area contributed by atoms with Crippen molar-refractivity contribution in [3.05, 3.63) is 133 Å². The molecule has 0 saturated carbocycles. The lowest BCUT2D eigenvalue weighted by Gasteiger charge is -2.25. The molecule has 0 saturated heterocycles. The lowest BCUT2D eigenvalue weighted by molar-refractivity contribution is -0.143. The third-order valence-electron chi connectivity index (χ3n) is 7.64. The number of esters is 2. The Morgan fingerprint density at radius 2 is 1.57 bits per heavy atom. The molecule has 0 aliphatic carbocycles. The number of fused-ring (bicyclic) bond motifs is 2. The minimum Gasteiger partial charge on any atom is -0.465 e. The summed E-state index contributed by atoms with van der Waals surface area (Å²) < 4.78 is 14.7. The first-order chi connectivity index (χ1) is 21.4. The highest BCUT2D eigenvalue weighted by Gasteiger charge is 2.35. The Balaban J connectivity index is 1.62. The normalized spacial score (nSPS) is 14.8. The first kappa shape index (κ1) is 29.1. The molecule has 0 radical (unpaired) electrons. The zero-order valence-corrected chi connectivity index (χ0v) is 25.5. The van der Waals surface area contributed by atoms with Gasteiger partial charge in [-0.2, -0.15) is 0 Å². The van der Waals surface area contributed by atoms with Crippen molar-refractivity contribution in [2.45, 2.75) is 33.4 Å². The average Bonchev–Trinajstić information content (AvgIpc) is 3.49. The predicted molar refractivity (Wildman–Crippen MR) is 171 cm³/mol. The number of ether oxygens (including phenoxy) is 2. The second-order valence-corrected chi connectivity index (χ2v) is 11.3. The summed E-state index contributed by atoms with van der Waals surface area (Å²) in [5.74, 6) is -0.846. The molecule has 8 nitrogen and oxygen atoms in total. The third-order valence-corrected chi connectivity index (χ3v) is 8.62. The number of thiazole rings is 1. The molecule has 0 bridgehead atoms. The molecule has 3 aromatic carbocycles. The number of rotatable bonds is 8. The van der Waals surface area contributed by atoms with Gasteiger partial charge in [-0.15, -0.1) is 0 Å². The Kier molecular flexibility index (Phi) is 8.13. The number of benzene rings is 3. The van der Waals surface area contributed by atoms with E-state index in [1.807, 2.05) is 102 Å². The van der Waals surface area contributed by atoms with Gasteiger partial charge in [0.2, 0.25) is 0 Å². The van der Waals surface area contributed by atoms with Crippen molar-refractivity contribution in [2.75, 3.05) is 13.2 Å². The summed E-state index contributed by atoms with van der Waals surface area (Å²) in [6, 6.07) is 26.0. The fourth-order valence-corrected chi connectivity index (χ4v) is 6.68. The smallest absolute Gasteiger partial charge is 0.338 e. The third kappa shape index (κ3) is 5.20. The van der Waals surface area contributed by atoms with Crippen molar-refractivity contribution in [1.82, 2.24) is 9.13 Å². The van der Waals surface area contributed by atoms with Gasteiger partial charge in [0.05, 0.1) is 35.1 Å². The van der Waals surface area contributed by atoms with Crippen LogP contribution in [-0.4, -0.2) is 34.3 Å². The zero-order valence-electron chi connectivity index (χ0n) is 24.7. The van der Waals surface area contributed by atoms with E-state index in [1.165, 1.54) is 11.3 Å².